The number of hydrogen-bond donors (Lipinski definition) is 0. The Bertz CT molecular complexity index is 737. The zero-order valence-electron chi connectivity index (χ0n) is 10.5. The second-order valence-corrected chi connectivity index (χ2v) is 6.05. The van der Waals surface area contributed by atoms with Crippen molar-refractivity contribution in [2.45, 2.75) is 6.54 Å². The number of Topliss-reactive ketones (excluding diaryl/α,β-unsaturated/α-hetero) is 1. The van der Waals surface area contributed by atoms with Gasteiger partial charge < -0.3 is 0 Å². The van der Waals surface area contributed by atoms with Gasteiger partial charge in [0.1, 0.15) is 4.70 Å². The van der Waals surface area contributed by atoms with E-state index in [1.807, 2.05) is 52.5 Å². The van der Waals surface area contributed by atoms with Crippen molar-refractivity contribution in [3.05, 3.63) is 64.1 Å². The lowest BCUT2D eigenvalue weighted by Gasteiger charge is -1.97. The predicted octanol–water partition coefficient (Wildman–Crippen LogP) is 4.41. The molecule has 102 valence electrons. The lowest BCUT2D eigenvalue weighted by atomic mass is 10.1. The molecule has 0 N–H and O–H groups in total. The van der Waals surface area contributed by atoms with Gasteiger partial charge in [0.05, 0.1) is 0 Å². The smallest absolute Gasteiger partial charge is 0.227 e. The number of hydrogen-bond acceptors (Lipinski definition) is 2. The van der Waals surface area contributed by atoms with Crippen molar-refractivity contribution >= 4 is 60.2 Å². The molecule has 5 heteroatoms. The summed E-state index contributed by atoms with van der Waals surface area (Å²) >= 11 is 5.03. The van der Waals surface area contributed by atoms with Gasteiger partial charge in [0.25, 0.3) is 0 Å². The third-order valence-electron chi connectivity index (χ3n) is 2.96. The predicted molar refractivity (Wildman–Crippen MR) is 90.8 cm³/mol. The average Bonchev–Trinajstić information content (AvgIpc) is 2.83. The number of rotatable bonds is 3. The number of ketones is 1. The highest BCUT2D eigenvalue weighted by molar-refractivity contribution is 9.10. The summed E-state index contributed by atoms with van der Waals surface area (Å²) in [5.74, 6) is 0.126. The molecule has 1 heterocycles. The summed E-state index contributed by atoms with van der Waals surface area (Å²) in [6, 6.07) is 15.6. The fourth-order valence-electron chi connectivity index (χ4n) is 1.98. The van der Waals surface area contributed by atoms with E-state index in [1.54, 1.807) is 11.3 Å². The van der Waals surface area contributed by atoms with Crippen molar-refractivity contribution in [2.75, 3.05) is 0 Å². The number of aromatic nitrogens is 1. The van der Waals surface area contributed by atoms with Crippen molar-refractivity contribution < 1.29 is 9.36 Å². The van der Waals surface area contributed by atoms with E-state index >= 15 is 0 Å². The quantitative estimate of drug-likeness (QED) is 0.460. The van der Waals surface area contributed by atoms with Gasteiger partial charge >= 0.3 is 0 Å². The molecule has 3 aromatic rings. The Balaban J connectivity index is 0.00000147. The van der Waals surface area contributed by atoms with Crippen LogP contribution in [0, 0.1) is 0 Å². The Morgan fingerprint density at radius 3 is 2.55 bits per heavy atom. The van der Waals surface area contributed by atoms with Gasteiger partial charge in [-0.3, -0.25) is 4.79 Å². The van der Waals surface area contributed by atoms with Crippen molar-refractivity contribution in [1.82, 2.24) is 0 Å². The zero-order valence-corrected chi connectivity index (χ0v) is 14.6. The first-order chi connectivity index (χ1) is 9.24. The summed E-state index contributed by atoms with van der Waals surface area (Å²) in [5.41, 5.74) is 3.85. The second kappa shape index (κ2) is 6.61. The van der Waals surface area contributed by atoms with Crippen molar-refractivity contribution in [3.8, 4) is 0 Å². The third kappa shape index (κ3) is 3.16. The Kier molecular flexibility index (Phi) is 5.07. The molecule has 0 fully saturated rings. The van der Waals surface area contributed by atoms with Crippen LogP contribution in [0.3, 0.4) is 0 Å². The number of halogens is 2. The van der Waals surface area contributed by atoms with Crippen LogP contribution in [-0.4, -0.2) is 5.78 Å². The van der Waals surface area contributed by atoms with E-state index in [1.165, 1.54) is 4.70 Å². The number of carbonyl (C=O) groups excluding carboxylic acids is 1. The van der Waals surface area contributed by atoms with Gasteiger partial charge in [-0.1, -0.05) is 51.5 Å². The Morgan fingerprint density at radius 2 is 1.80 bits per heavy atom. The summed E-state index contributed by atoms with van der Waals surface area (Å²) in [5, 5.41) is 0. The van der Waals surface area contributed by atoms with Gasteiger partial charge in [-0.15, -0.1) is 17.0 Å². The number of thiazole rings is 1. The van der Waals surface area contributed by atoms with Crippen LogP contribution in [-0.2, 0) is 6.54 Å². The number of benzene rings is 2. The Labute approximate surface area is 140 Å². The normalized spacial score (nSPS) is 10.2. The van der Waals surface area contributed by atoms with Gasteiger partial charge in [0.2, 0.25) is 23.4 Å². The SMILES string of the molecule is Br.O=C(C[n+]1csc2ccccc21)c1ccc(Br)cc1. The summed E-state index contributed by atoms with van der Waals surface area (Å²) < 4.78 is 4.19. The molecular formula is C15H12Br2NOS+. The minimum Gasteiger partial charge on any atom is -0.287 e. The fourth-order valence-corrected chi connectivity index (χ4v) is 3.13. The highest BCUT2D eigenvalue weighted by Gasteiger charge is 2.16. The molecule has 2 nitrogen and oxygen atoms in total. The molecule has 0 amide bonds. The molecule has 0 saturated heterocycles. The Morgan fingerprint density at radius 1 is 1.10 bits per heavy atom. The Hall–Kier alpha value is -1.04. The van der Waals surface area contributed by atoms with Gasteiger partial charge in [0.15, 0.2) is 0 Å². The van der Waals surface area contributed by atoms with E-state index < -0.39 is 0 Å². The molecule has 0 aliphatic rings. The topological polar surface area (TPSA) is 20.9 Å². The number of para-hydroxylation sites is 1. The second-order valence-electron chi connectivity index (χ2n) is 4.25. The molecule has 0 saturated carbocycles. The maximum Gasteiger partial charge on any atom is 0.227 e. The maximum absolute atomic E-state index is 12.2. The van der Waals surface area contributed by atoms with Gasteiger partial charge in [-0.05, 0) is 18.2 Å². The van der Waals surface area contributed by atoms with Gasteiger partial charge in [0, 0.05) is 16.1 Å². The maximum atomic E-state index is 12.2. The number of fused-ring (bicyclic) bond motifs is 1. The third-order valence-corrected chi connectivity index (χ3v) is 4.45. The number of carbonyl (C=O) groups is 1. The molecule has 0 radical (unpaired) electrons. The molecule has 1 aromatic heterocycles. The van der Waals surface area contributed by atoms with E-state index in [4.69, 9.17) is 0 Å². The first-order valence-electron chi connectivity index (χ1n) is 5.88. The zero-order chi connectivity index (χ0) is 13.2. The van der Waals surface area contributed by atoms with Crippen LogP contribution in [0.15, 0.2) is 58.5 Å². The van der Waals surface area contributed by atoms with Crippen LogP contribution in [0.25, 0.3) is 10.2 Å². The van der Waals surface area contributed by atoms with Crippen LogP contribution in [0.1, 0.15) is 10.4 Å². The highest BCUT2D eigenvalue weighted by atomic mass is 79.9. The molecular weight excluding hydrogens is 402 g/mol. The lowest BCUT2D eigenvalue weighted by Crippen LogP contribution is -2.36. The van der Waals surface area contributed by atoms with E-state index in [9.17, 15) is 4.79 Å². The van der Waals surface area contributed by atoms with Gasteiger partial charge in [-0.25, -0.2) is 0 Å². The lowest BCUT2D eigenvalue weighted by molar-refractivity contribution is -0.652. The molecule has 3 rings (SSSR count). The van der Waals surface area contributed by atoms with Crippen LogP contribution < -0.4 is 4.57 Å². The van der Waals surface area contributed by atoms with Crippen molar-refractivity contribution in [3.63, 3.8) is 0 Å². The van der Waals surface area contributed by atoms with Crippen molar-refractivity contribution in [1.29, 1.82) is 0 Å². The summed E-state index contributed by atoms with van der Waals surface area (Å²) in [4.78, 5) is 12.2. The molecule has 20 heavy (non-hydrogen) atoms. The summed E-state index contributed by atoms with van der Waals surface area (Å²) in [6.07, 6.45) is 0. The molecule has 0 aliphatic carbocycles. The standard InChI is InChI=1S/C15H11BrNOS.BrH/c16-12-7-5-11(6-8-12)14(18)9-17-10-19-15-4-2-1-3-13(15)17;/h1-8,10H,9H2;1H/q+1;. The first-order valence-corrected chi connectivity index (χ1v) is 7.56. The molecule has 2 aromatic carbocycles. The fraction of sp³-hybridized carbons (Fsp3) is 0.0667. The largest absolute Gasteiger partial charge is 0.287 e. The molecule has 0 bridgehead atoms. The summed E-state index contributed by atoms with van der Waals surface area (Å²) in [7, 11) is 0. The number of nitrogens with zero attached hydrogens (tertiary/aromatic N) is 1. The van der Waals surface area contributed by atoms with Crippen molar-refractivity contribution in [2.24, 2.45) is 0 Å². The van der Waals surface area contributed by atoms with Gasteiger partial charge in [-0.2, -0.15) is 4.57 Å². The summed E-state index contributed by atoms with van der Waals surface area (Å²) in [6.45, 7) is 0.381. The van der Waals surface area contributed by atoms with Crippen LogP contribution in [0.5, 0.6) is 0 Å². The molecule has 0 spiro atoms. The monoisotopic (exact) mass is 412 g/mol. The van der Waals surface area contributed by atoms with E-state index in [-0.39, 0.29) is 22.8 Å². The molecule has 0 unspecified atom stereocenters. The van der Waals surface area contributed by atoms with E-state index in [0.29, 0.717) is 6.54 Å². The molecule has 0 atom stereocenters. The average molecular weight is 414 g/mol. The molecule has 0 aliphatic heterocycles. The van der Waals surface area contributed by atoms with E-state index in [2.05, 4.69) is 22.0 Å². The van der Waals surface area contributed by atoms with Crippen LogP contribution >= 0.6 is 44.2 Å². The first kappa shape index (κ1) is 15.4. The van der Waals surface area contributed by atoms with Crippen LogP contribution in [0.4, 0.5) is 0 Å². The minimum atomic E-state index is 0. The van der Waals surface area contributed by atoms with E-state index in [0.717, 1.165) is 15.6 Å². The minimum absolute atomic E-state index is 0. The highest BCUT2D eigenvalue weighted by Crippen LogP contribution is 2.16. The van der Waals surface area contributed by atoms with Crippen LogP contribution in [0.2, 0.25) is 0 Å².